The van der Waals surface area contributed by atoms with Gasteiger partial charge in [-0.3, -0.25) is 0 Å². The molecule has 0 radical (unpaired) electrons. The van der Waals surface area contributed by atoms with E-state index >= 15 is 0 Å². The second-order valence-corrected chi connectivity index (χ2v) is 5.22. The van der Waals surface area contributed by atoms with Crippen molar-refractivity contribution >= 4 is 5.97 Å². The van der Waals surface area contributed by atoms with E-state index < -0.39 is 12.1 Å². The molecule has 0 heterocycles. The van der Waals surface area contributed by atoms with E-state index in [1.165, 1.54) is 0 Å². The zero-order valence-corrected chi connectivity index (χ0v) is 14.0. The minimum Gasteiger partial charge on any atom is -0.491 e. The van der Waals surface area contributed by atoms with E-state index in [9.17, 15) is 9.90 Å². The first-order valence-electron chi connectivity index (χ1n) is 7.78. The largest absolute Gasteiger partial charge is 0.491 e. The van der Waals surface area contributed by atoms with Gasteiger partial charge in [-0.1, -0.05) is 12.1 Å². The Labute approximate surface area is 137 Å². The van der Waals surface area contributed by atoms with Crippen molar-refractivity contribution in [2.75, 3.05) is 26.6 Å². The van der Waals surface area contributed by atoms with Crippen LogP contribution >= 0.6 is 0 Å². The average Bonchev–Trinajstić information content (AvgIpc) is 2.51. The molecule has 6 nitrogen and oxygen atoms in total. The highest BCUT2D eigenvalue weighted by Crippen LogP contribution is 2.14. The van der Waals surface area contributed by atoms with E-state index in [0.717, 1.165) is 5.56 Å². The predicted octanol–water partition coefficient (Wildman–Crippen LogP) is 1.93. The topological polar surface area (TPSA) is 74.2 Å². The Morgan fingerprint density at radius 3 is 2.43 bits per heavy atom. The lowest BCUT2D eigenvalue weighted by Gasteiger charge is -2.13. The summed E-state index contributed by atoms with van der Waals surface area (Å²) in [6.45, 7) is 7.16. The fourth-order valence-corrected chi connectivity index (χ4v) is 1.76. The van der Waals surface area contributed by atoms with Crippen LogP contribution in [0.25, 0.3) is 0 Å². The van der Waals surface area contributed by atoms with Gasteiger partial charge in [0.15, 0.2) is 6.10 Å². The number of hydrogen-bond acceptors (Lipinski definition) is 6. The first kappa shape index (κ1) is 19.4. The van der Waals surface area contributed by atoms with Crippen molar-refractivity contribution < 1.29 is 28.8 Å². The van der Waals surface area contributed by atoms with Gasteiger partial charge in [0.2, 0.25) is 0 Å². The van der Waals surface area contributed by atoms with Gasteiger partial charge < -0.3 is 24.1 Å². The van der Waals surface area contributed by atoms with Gasteiger partial charge in [0.1, 0.15) is 19.1 Å². The fourth-order valence-electron chi connectivity index (χ4n) is 1.76. The Kier molecular flexibility index (Phi) is 9.28. The van der Waals surface area contributed by atoms with Gasteiger partial charge in [0.25, 0.3) is 0 Å². The van der Waals surface area contributed by atoms with Crippen LogP contribution in [0.4, 0.5) is 0 Å². The van der Waals surface area contributed by atoms with Crippen molar-refractivity contribution in [2.45, 2.75) is 39.4 Å². The van der Waals surface area contributed by atoms with Crippen LogP contribution in [0.2, 0.25) is 0 Å². The summed E-state index contributed by atoms with van der Waals surface area (Å²) in [6, 6.07) is 7.20. The van der Waals surface area contributed by atoms with E-state index in [1.807, 2.05) is 19.1 Å². The lowest BCUT2D eigenvalue weighted by Crippen LogP contribution is -2.27. The van der Waals surface area contributed by atoms with Gasteiger partial charge in [-0.15, -0.1) is 0 Å². The third-order valence-electron chi connectivity index (χ3n) is 2.84. The maximum Gasteiger partial charge on any atom is 0.335 e. The quantitative estimate of drug-likeness (QED) is 0.380. The summed E-state index contributed by atoms with van der Waals surface area (Å²) in [5.41, 5.74) is 0.832. The molecular weight excluding hydrogens is 300 g/mol. The van der Waals surface area contributed by atoms with Crippen LogP contribution in [-0.4, -0.2) is 49.9 Å². The highest BCUT2D eigenvalue weighted by Gasteiger charge is 2.18. The molecule has 1 rings (SSSR count). The summed E-state index contributed by atoms with van der Waals surface area (Å²) in [4.78, 5) is 11.6. The van der Waals surface area contributed by atoms with E-state index in [0.29, 0.717) is 25.6 Å². The Hall–Kier alpha value is -1.63. The number of carbonyl (C=O) groups is 1. The van der Waals surface area contributed by atoms with Crippen molar-refractivity contribution in [1.29, 1.82) is 0 Å². The van der Waals surface area contributed by atoms with Crippen LogP contribution in [0.5, 0.6) is 5.75 Å². The lowest BCUT2D eigenvalue weighted by molar-refractivity contribution is -0.157. The summed E-state index contributed by atoms with van der Waals surface area (Å²) < 4.78 is 20.7. The van der Waals surface area contributed by atoms with E-state index in [2.05, 4.69) is 0 Å². The maximum atomic E-state index is 11.6. The van der Waals surface area contributed by atoms with E-state index in [-0.39, 0.29) is 19.3 Å². The highest BCUT2D eigenvalue weighted by molar-refractivity contribution is 5.74. The van der Waals surface area contributed by atoms with Crippen LogP contribution in [0.15, 0.2) is 24.3 Å². The molecule has 1 unspecified atom stereocenters. The summed E-state index contributed by atoms with van der Waals surface area (Å²) in [6.07, 6.45) is -1.18. The summed E-state index contributed by atoms with van der Waals surface area (Å²) >= 11 is 0. The van der Waals surface area contributed by atoms with Crippen LogP contribution in [0.1, 0.15) is 26.3 Å². The molecule has 0 aliphatic carbocycles. The molecule has 23 heavy (non-hydrogen) atoms. The first-order chi connectivity index (χ1) is 11.0. The molecule has 0 amide bonds. The normalized spacial score (nSPS) is 12.2. The third-order valence-corrected chi connectivity index (χ3v) is 2.84. The van der Waals surface area contributed by atoms with Crippen molar-refractivity contribution in [1.82, 2.24) is 0 Å². The Bertz CT molecular complexity index is 443. The standard InChI is InChI=1S/C17H26O6/c1-4-20-12-21-9-10-22-15-7-5-14(6-8-15)11-16(18)17(19)23-13(2)3/h5-8,13,16,18H,4,9-12H2,1-3H3. The minimum atomic E-state index is -1.16. The molecule has 1 atom stereocenters. The molecule has 1 aromatic carbocycles. The summed E-state index contributed by atoms with van der Waals surface area (Å²) in [7, 11) is 0. The molecule has 0 bridgehead atoms. The second kappa shape index (κ2) is 11.0. The number of hydrogen-bond donors (Lipinski definition) is 1. The summed E-state index contributed by atoms with van der Waals surface area (Å²) in [5.74, 6) is 0.0970. The smallest absolute Gasteiger partial charge is 0.335 e. The van der Waals surface area contributed by atoms with Crippen LogP contribution in [0.3, 0.4) is 0 Å². The molecule has 0 saturated carbocycles. The maximum absolute atomic E-state index is 11.6. The van der Waals surface area contributed by atoms with Gasteiger partial charge in [-0.25, -0.2) is 4.79 Å². The molecular formula is C17H26O6. The SMILES string of the molecule is CCOCOCCOc1ccc(CC(O)C(=O)OC(C)C)cc1. The molecule has 1 aromatic rings. The minimum absolute atomic E-state index is 0.212. The molecule has 1 N–H and O–H groups in total. The number of esters is 1. The second-order valence-electron chi connectivity index (χ2n) is 5.22. The number of aliphatic hydroxyl groups excluding tert-OH is 1. The van der Waals surface area contributed by atoms with Crippen molar-refractivity contribution in [2.24, 2.45) is 0 Å². The van der Waals surface area contributed by atoms with Crippen LogP contribution in [0, 0.1) is 0 Å². The predicted molar refractivity (Wildman–Crippen MR) is 85.3 cm³/mol. The Balaban J connectivity index is 2.31. The van der Waals surface area contributed by atoms with Crippen molar-refractivity contribution in [3.63, 3.8) is 0 Å². The van der Waals surface area contributed by atoms with Crippen LogP contribution in [-0.2, 0) is 25.4 Å². The Morgan fingerprint density at radius 2 is 1.83 bits per heavy atom. The van der Waals surface area contributed by atoms with Crippen LogP contribution < -0.4 is 4.74 Å². The molecule has 0 aliphatic heterocycles. The highest BCUT2D eigenvalue weighted by atomic mass is 16.7. The van der Waals surface area contributed by atoms with Crippen molar-refractivity contribution in [3.05, 3.63) is 29.8 Å². The molecule has 0 aromatic heterocycles. The van der Waals surface area contributed by atoms with Gasteiger partial charge in [0.05, 0.1) is 12.7 Å². The monoisotopic (exact) mass is 326 g/mol. The molecule has 0 aliphatic rings. The summed E-state index contributed by atoms with van der Waals surface area (Å²) in [5, 5.41) is 9.80. The van der Waals surface area contributed by atoms with E-state index in [4.69, 9.17) is 18.9 Å². The number of ether oxygens (including phenoxy) is 4. The molecule has 0 fully saturated rings. The van der Waals surface area contributed by atoms with Crippen molar-refractivity contribution in [3.8, 4) is 5.75 Å². The molecule has 6 heteroatoms. The van der Waals surface area contributed by atoms with Gasteiger partial charge in [0, 0.05) is 13.0 Å². The van der Waals surface area contributed by atoms with Gasteiger partial charge in [-0.2, -0.15) is 0 Å². The van der Waals surface area contributed by atoms with Gasteiger partial charge in [-0.05, 0) is 38.5 Å². The average molecular weight is 326 g/mol. The lowest BCUT2D eigenvalue weighted by atomic mass is 10.1. The zero-order valence-electron chi connectivity index (χ0n) is 14.0. The molecule has 130 valence electrons. The van der Waals surface area contributed by atoms with E-state index in [1.54, 1.807) is 26.0 Å². The first-order valence-corrected chi connectivity index (χ1v) is 7.78. The number of aliphatic hydroxyl groups is 1. The number of rotatable bonds is 11. The number of carbonyl (C=O) groups excluding carboxylic acids is 1. The fraction of sp³-hybridized carbons (Fsp3) is 0.588. The zero-order chi connectivity index (χ0) is 17.1. The Morgan fingerprint density at radius 1 is 1.13 bits per heavy atom. The van der Waals surface area contributed by atoms with Gasteiger partial charge >= 0.3 is 5.97 Å². The molecule has 0 saturated heterocycles. The number of benzene rings is 1. The third kappa shape index (κ3) is 8.54. The molecule has 0 spiro atoms.